The fourth-order valence-corrected chi connectivity index (χ4v) is 2.87. The molecule has 3 aromatic rings. The molecule has 2 aromatic heterocycles. The van der Waals surface area contributed by atoms with Gasteiger partial charge in [-0.3, -0.25) is 9.78 Å². The van der Waals surface area contributed by atoms with E-state index in [1.807, 2.05) is 0 Å². The first-order valence-electron chi connectivity index (χ1n) is 8.07. The Kier molecular flexibility index (Phi) is 6.40. The van der Waals surface area contributed by atoms with E-state index < -0.39 is 17.5 Å². The molecule has 0 bridgehead atoms. The number of methoxy groups -OCH3 is 1. The summed E-state index contributed by atoms with van der Waals surface area (Å²) in [5, 5.41) is 5.88. The number of ether oxygens (including phenoxy) is 1. The summed E-state index contributed by atoms with van der Waals surface area (Å²) in [4.78, 5) is 24.5. The van der Waals surface area contributed by atoms with Crippen LogP contribution in [-0.2, 0) is 6.54 Å². The Labute approximate surface area is 174 Å². The van der Waals surface area contributed by atoms with Crippen molar-refractivity contribution < 1.29 is 18.3 Å². The highest BCUT2D eigenvalue weighted by Crippen LogP contribution is 2.23. The predicted molar refractivity (Wildman–Crippen MR) is 104 cm³/mol. The highest BCUT2D eigenvalue weighted by Gasteiger charge is 2.18. The highest BCUT2D eigenvalue weighted by atomic mass is 35.5. The molecule has 0 saturated carbocycles. The van der Waals surface area contributed by atoms with Gasteiger partial charge in [-0.2, -0.15) is 0 Å². The van der Waals surface area contributed by atoms with Crippen molar-refractivity contribution >= 4 is 40.6 Å². The van der Waals surface area contributed by atoms with Gasteiger partial charge in [0.1, 0.15) is 17.5 Å². The molecule has 0 aliphatic rings. The van der Waals surface area contributed by atoms with Crippen molar-refractivity contribution in [3.05, 3.63) is 69.7 Å². The number of hydrogen-bond acceptors (Lipinski definition) is 6. The van der Waals surface area contributed by atoms with Crippen LogP contribution >= 0.6 is 23.2 Å². The molecule has 29 heavy (non-hydrogen) atoms. The molecule has 0 aliphatic carbocycles. The number of carbonyl (C=O) groups excluding carboxylic acids is 1. The molecule has 0 saturated heterocycles. The van der Waals surface area contributed by atoms with Crippen molar-refractivity contribution in [2.24, 2.45) is 0 Å². The van der Waals surface area contributed by atoms with Crippen LogP contribution in [0.4, 0.5) is 20.3 Å². The smallest absolute Gasteiger partial charge is 0.275 e. The number of hydrogen-bond donors (Lipinski definition) is 2. The van der Waals surface area contributed by atoms with Gasteiger partial charge in [0.2, 0.25) is 5.88 Å². The predicted octanol–water partition coefficient (Wildman–Crippen LogP) is 4.14. The van der Waals surface area contributed by atoms with Gasteiger partial charge in [-0.1, -0.05) is 23.2 Å². The van der Waals surface area contributed by atoms with E-state index in [1.165, 1.54) is 25.7 Å². The van der Waals surface area contributed by atoms with Crippen LogP contribution in [0, 0.1) is 11.6 Å². The van der Waals surface area contributed by atoms with Crippen LogP contribution in [0.3, 0.4) is 0 Å². The molecule has 1 amide bonds. The van der Waals surface area contributed by atoms with E-state index in [2.05, 4.69) is 25.6 Å². The molecule has 0 atom stereocenters. The lowest BCUT2D eigenvalue weighted by Gasteiger charge is -2.12. The first-order chi connectivity index (χ1) is 13.9. The van der Waals surface area contributed by atoms with Crippen molar-refractivity contribution in [2.75, 3.05) is 12.4 Å². The second-order valence-electron chi connectivity index (χ2n) is 5.66. The molecule has 11 heteroatoms. The van der Waals surface area contributed by atoms with Crippen molar-refractivity contribution in [1.82, 2.24) is 20.3 Å². The molecule has 0 aliphatic heterocycles. The van der Waals surface area contributed by atoms with Crippen molar-refractivity contribution in [3.63, 3.8) is 0 Å². The van der Waals surface area contributed by atoms with Crippen molar-refractivity contribution in [3.8, 4) is 5.88 Å². The van der Waals surface area contributed by atoms with E-state index in [0.717, 1.165) is 18.2 Å². The molecule has 150 valence electrons. The van der Waals surface area contributed by atoms with Gasteiger partial charge in [0.15, 0.2) is 5.69 Å². The molecule has 7 nitrogen and oxygen atoms in total. The first-order valence-corrected chi connectivity index (χ1v) is 8.83. The first kappa shape index (κ1) is 20.7. The van der Waals surface area contributed by atoms with Crippen LogP contribution in [-0.4, -0.2) is 28.0 Å². The maximum atomic E-state index is 13.4. The lowest BCUT2D eigenvalue weighted by Crippen LogP contribution is -2.25. The molecule has 3 rings (SSSR count). The summed E-state index contributed by atoms with van der Waals surface area (Å²) in [5.74, 6) is -2.10. The average molecular weight is 440 g/mol. The number of anilines is 2. The summed E-state index contributed by atoms with van der Waals surface area (Å²) in [6, 6.07) is 2.88. The van der Waals surface area contributed by atoms with Gasteiger partial charge in [0.05, 0.1) is 23.4 Å². The fraction of sp³-hybridized carbons (Fsp3) is 0.111. The number of nitrogens with zero attached hydrogens (tertiary/aromatic N) is 3. The maximum Gasteiger partial charge on any atom is 0.275 e. The Balaban J connectivity index is 1.82. The Morgan fingerprint density at radius 2 is 1.76 bits per heavy atom. The molecule has 0 unspecified atom stereocenters. The number of amides is 1. The zero-order valence-electron chi connectivity index (χ0n) is 14.8. The summed E-state index contributed by atoms with van der Waals surface area (Å²) in [6.45, 7) is 0.0105. The van der Waals surface area contributed by atoms with Crippen LogP contribution < -0.4 is 15.4 Å². The zero-order chi connectivity index (χ0) is 21.0. The largest absolute Gasteiger partial charge is 0.479 e. The van der Waals surface area contributed by atoms with Crippen molar-refractivity contribution in [1.29, 1.82) is 0 Å². The summed E-state index contributed by atoms with van der Waals surface area (Å²) in [7, 11) is 1.33. The minimum absolute atomic E-state index is 0.0105. The molecule has 0 spiro atoms. The lowest BCUT2D eigenvalue weighted by molar-refractivity contribution is 0.0942. The van der Waals surface area contributed by atoms with Gasteiger partial charge >= 0.3 is 0 Å². The highest BCUT2D eigenvalue weighted by molar-refractivity contribution is 6.35. The number of pyridine rings is 1. The monoisotopic (exact) mass is 439 g/mol. The van der Waals surface area contributed by atoms with E-state index in [9.17, 15) is 13.6 Å². The van der Waals surface area contributed by atoms with Gasteiger partial charge in [0.25, 0.3) is 5.91 Å². The van der Waals surface area contributed by atoms with E-state index in [1.54, 1.807) is 0 Å². The molecule has 0 radical (unpaired) electrons. The minimum atomic E-state index is -0.766. The van der Waals surface area contributed by atoms with Gasteiger partial charge in [-0.05, 0) is 12.1 Å². The molecule has 2 heterocycles. The van der Waals surface area contributed by atoms with Crippen LogP contribution in [0.15, 0.2) is 36.8 Å². The molecular formula is C18H13Cl2F2N5O2. The maximum absolute atomic E-state index is 13.4. The van der Waals surface area contributed by atoms with E-state index >= 15 is 0 Å². The van der Waals surface area contributed by atoms with E-state index in [4.69, 9.17) is 27.9 Å². The Morgan fingerprint density at radius 1 is 1.10 bits per heavy atom. The number of rotatable bonds is 6. The molecule has 1 aromatic carbocycles. The minimum Gasteiger partial charge on any atom is -0.479 e. The second kappa shape index (κ2) is 8.97. The van der Waals surface area contributed by atoms with E-state index in [-0.39, 0.29) is 29.6 Å². The Morgan fingerprint density at radius 3 is 2.38 bits per heavy atom. The van der Waals surface area contributed by atoms with Gasteiger partial charge in [0, 0.05) is 36.3 Å². The molecular weight excluding hydrogens is 427 g/mol. The summed E-state index contributed by atoms with van der Waals surface area (Å²) < 4.78 is 31.8. The number of halogens is 4. The lowest BCUT2D eigenvalue weighted by atomic mass is 10.2. The fourth-order valence-electron chi connectivity index (χ4n) is 2.37. The number of nitrogens with one attached hydrogen (secondary N) is 2. The van der Waals surface area contributed by atoms with Gasteiger partial charge in [-0.25, -0.2) is 18.7 Å². The van der Waals surface area contributed by atoms with Gasteiger partial charge in [-0.15, -0.1) is 0 Å². The number of aromatic nitrogens is 3. The Hall–Kier alpha value is -3.04. The van der Waals surface area contributed by atoms with Gasteiger partial charge < -0.3 is 15.4 Å². The zero-order valence-corrected chi connectivity index (χ0v) is 16.4. The normalized spacial score (nSPS) is 10.5. The quantitative estimate of drug-likeness (QED) is 0.599. The second-order valence-corrected chi connectivity index (χ2v) is 6.48. The number of benzene rings is 1. The SMILES string of the molecule is COc1ncc(Nc2cc(F)cc(F)c2)nc1C(=O)NCc1c(Cl)cncc1Cl. The molecule has 0 fully saturated rings. The third-order valence-corrected chi connectivity index (χ3v) is 4.31. The third kappa shape index (κ3) is 5.07. The summed E-state index contributed by atoms with van der Waals surface area (Å²) in [6.07, 6.45) is 4.06. The van der Waals surface area contributed by atoms with Crippen LogP contribution in [0.1, 0.15) is 16.1 Å². The standard InChI is InChI=1S/C18H13Cl2F2N5O2/c1-29-18-16(17(28)24-5-12-13(19)6-23-7-14(12)20)27-15(8-25-18)26-11-3-9(21)2-10(22)4-11/h2-4,6-8H,5H2,1H3,(H,24,28)(H,26,27). The van der Waals surface area contributed by atoms with Crippen LogP contribution in [0.5, 0.6) is 5.88 Å². The molecule has 2 N–H and O–H groups in total. The summed E-state index contributed by atoms with van der Waals surface area (Å²) in [5.41, 5.74) is 0.437. The summed E-state index contributed by atoms with van der Waals surface area (Å²) >= 11 is 12.1. The average Bonchev–Trinajstić information content (AvgIpc) is 2.66. The van der Waals surface area contributed by atoms with E-state index in [0.29, 0.717) is 15.6 Å². The van der Waals surface area contributed by atoms with Crippen molar-refractivity contribution in [2.45, 2.75) is 6.54 Å². The van der Waals surface area contributed by atoms with Crippen LogP contribution in [0.2, 0.25) is 10.0 Å². The van der Waals surface area contributed by atoms with Crippen LogP contribution in [0.25, 0.3) is 0 Å². The topological polar surface area (TPSA) is 89.0 Å². The third-order valence-electron chi connectivity index (χ3n) is 3.66. The Bertz CT molecular complexity index is 1030. The number of carbonyl (C=O) groups is 1.